The van der Waals surface area contributed by atoms with Crippen molar-refractivity contribution >= 4 is 29.2 Å². The van der Waals surface area contributed by atoms with Gasteiger partial charge in [-0.3, -0.25) is 9.59 Å². The van der Waals surface area contributed by atoms with E-state index in [9.17, 15) is 9.59 Å². The summed E-state index contributed by atoms with van der Waals surface area (Å²) in [4.78, 5) is 31.4. The largest absolute Gasteiger partial charge is 0.383 e. The lowest BCUT2D eigenvalue weighted by atomic mass is 10.1. The third kappa shape index (κ3) is 4.98. The average molecular weight is 380 g/mol. The second kappa shape index (κ2) is 8.09. The van der Waals surface area contributed by atoms with Gasteiger partial charge in [0.15, 0.2) is 5.16 Å². The van der Waals surface area contributed by atoms with Crippen molar-refractivity contribution in [3.05, 3.63) is 81.6 Å². The standard InChI is InChI=1S/C20H20N4O2S/c1-12-8-13(2)10-15(9-12)22-19(26)18(14-6-4-3-5-7-14)27-20-23-16(21)11-17(25)24-20/h3-11,18H,1-2H3,(H,22,26)(H3,21,23,24,25)/t18-/m1/s1. The zero-order valence-corrected chi connectivity index (χ0v) is 15.8. The molecule has 3 rings (SSSR count). The number of nitrogens with one attached hydrogen (secondary N) is 2. The molecular weight excluding hydrogens is 360 g/mol. The number of carbonyl (C=O) groups is 1. The second-order valence-corrected chi connectivity index (χ2v) is 7.34. The minimum absolute atomic E-state index is 0.114. The Labute approximate surface area is 161 Å². The molecule has 0 aliphatic heterocycles. The molecule has 0 fully saturated rings. The van der Waals surface area contributed by atoms with Crippen molar-refractivity contribution in [3.8, 4) is 0 Å². The Kier molecular flexibility index (Phi) is 5.61. The lowest BCUT2D eigenvalue weighted by molar-refractivity contribution is -0.115. The second-order valence-electron chi connectivity index (χ2n) is 6.25. The summed E-state index contributed by atoms with van der Waals surface area (Å²) in [7, 11) is 0. The Balaban J connectivity index is 1.91. The maximum atomic E-state index is 13.0. The van der Waals surface area contributed by atoms with Crippen LogP contribution in [0.5, 0.6) is 0 Å². The molecule has 3 aromatic rings. The number of hydrogen-bond acceptors (Lipinski definition) is 5. The maximum Gasteiger partial charge on any atom is 0.253 e. The van der Waals surface area contributed by atoms with E-state index >= 15 is 0 Å². The van der Waals surface area contributed by atoms with Crippen molar-refractivity contribution in [2.45, 2.75) is 24.3 Å². The fourth-order valence-electron chi connectivity index (χ4n) is 2.78. The smallest absolute Gasteiger partial charge is 0.253 e. The first kappa shape index (κ1) is 18.7. The first-order valence-electron chi connectivity index (χ1n) is 8.38. The van der Waals surface area contributed by atoms with Gasteiger partial charge >= 0.3 is 0 Å². The molecular formula is C20H20N4O2S. The van der Waals surface area contributed by atoms with Gasteiger partial charge in [0, 0.05) is 11.8 Å². The van der Waals surface area contributed by atoms with Crippen LogP contribution in [0.4, 0.5) is 11.5 Å². The summed E-state index contributed by atoms with van der Waals surface area (Å²) in [5, 5.41) is 2.66. The van der Waals surface area contributed by atoms with Crippen molar-refractivity contribution in [3.63, 3.8) is 0 Å². The van der Waals surface area contributed by atoms with Crippen LogP contribution < -0.4 is 16.6 Å². The molecule has 0 unspecified atom stereocenters. The topological polar surface area (TPSA) is 101 Å². The number of H-pyrrole nitrogens is 1. The third-order valence-electron chi connectivity index (χ3n) is 3.80. The van der Waals surface area contributed by atoms with Gasteiger partial charge in [0.2, 0.25) is 5.91 Å². The van der Waals surface area contributed by atoms with Crippen LogP contribution in [-0.4, -0.2) is 15.9 Å². The molecule has 0 aliphatic rings. The van der Waals surface area contributed by atoms with Crippen LogP contribution in [0.2, 0.25) is 0 Å². The number of nitrogen functional groups attached to an aromatic ring is 1. The van der Waals surface area contributed by atoms with Crippen LogP contribution >= 0.6 is 11.8 Å². The molecule has 0 aliphatic carbocycles. The van der Waals surface area contributed by atoms with Crippen LogP contribution in [-0.2, 0) is 4.79 Å². The van der Waals surface area contributed by atoms with E-state index in [2.05, 4.69) is 15.3 Å². The Bertz CT molecular complexity index is 998. The summed E-state index contributed by atoms with van der Waals surface area (Å²) < 4.78 is 0. The first-order chi connectivity index (χ1) is 12.9. The van der Waals surface area contributed by atoms with Crippen LogP contribution in [0.15, 0.2) is 64.5 Å². The van der Waals surface area contributed by atoms with Gasteiger partial charge in [0.25, 0.3) is 5.56 Å². The molecule has 27 heavy (non-hydrogen) atoms. The molecule has 1 aromatic heterocycles. The Hall–Kier alpha value is -3.06. The van der Waals surface area contributed by atoms with Gasteiger partial charge in [-0.2, -0.15) is 0 Å². The van der Waals surface area contributed by atoms with E-state index in [1.54, 1.807) is 0 Å². The fourth-order valence-corrected chi connectivity index (χ4v) is 3.78. The number of benzene rings is 2. The summed E-state index contributed by atoms with van der Waals surface area (Å²) in [6.07, 6.45) is 0. The zero-order valence-electron chi connectivity index (χ0n) is 15.0. The van der Waals surface area contributed by atoms with E-state index in [0.29, 0.717) is 5.16 Å². The van der Waals surface area contributed by atoms with Crippen molar-refractivity contribution in [2.75, 3.05) is 11.1 Å². The van der Waals surface area contributed by atoms with Gasteiger partial charge in [-0.25, -0.2) is 4.98 Å². The number of carbonyl (C=O) groups excluding carboxylic acids is 1. The highest BCUT2D eigenvalue weighted by molar-refractivity contribution is 8.00. The molecule has 1 atom stereocenters. The zero-order chi connectivity index (χ0) is 19.4. The fraction of sp³-hybridized carbons (Fsp3) is 0.150. The Morgan fingerprint density at radius 2 is 1.78 bits per heavy atom. The molecule has 138 valence electrons. The monoisotopic (exact) mass is 380 g/mol. The van der Waals surface area contributed by atoms with Crippen LogP contribution in [0.1, 0.15) is 21.9 Å². The number of amides is 1. The Morgan fingerprint density at radius 1 is 1.11 bits per heavy atom. The maximum absolute atomic E-state index is 13.0. The molecule has 0 bridgehead atoms. The Morgan fingerprint density at radius 3 is 2.41 bits per heavy atom. The summed E-state index contributed by atoms with van der Waals surface area (Å²) in [5.74, 6) is -0.0935. The van der Waals surface area contributed by atoms with E-state index in [1.807, 2.05) is 62.4 Å². The number of thioether (sulfide) groups is 1. The van der Waals surface area contributed by atoms with Crippen LogP contribution in [0.25, 0.3) is 0 Å². The van der Waals surface area contributed by atoms with E-state index in [0.717, 1.165) is 34.1 Å². The SMILES string of the molecule is Cc1cc(C)cc(NC(=O)[C@H](Sc2nc(N)cc(=O)[nH]2)c2ccccc2)c1. The molecule has 6 nitrogen and oxygen atoms in total. The lowest BCUT2D eigenvalue weighted by Crippen LogP contribution is -2.20. The van der Waals surface area contributed by atoms with Gasteiger partial charge in [-0.05, 0) is 42.7 Å². The molecule has 1 amide bonds. The molecule has 7 heteroatoms. The van der Waals surface area contributed by atoms with Crippen LogP contribution in [0, 0.1) is 13.8 Å². The highest BCUT2D eigenvalue weighted by Crippen LogP contribution is 2.34. The predicted molar refractivity (Wildman–Crippen MR) is 109 cm³/mol. The van der Waals surface area contributed by atoms with Crippen LogP contribution in [0.3, 0.4) is 0 Å². The number of anilines is 2. The average Bonchev–Trinajstić information content (AvgIpc) is 2.58. The summed E-state index contributed by atoms with van der Waals surface area (Å²) in [6, 6.07) is 16.4. The number of rotatable bonds is 5. The highest BCUT2D eigenvalue weighted by atomic mass is 32.2. The minimum atomic E-state index is -0.600. The minimum Gasteiger partial charge on any atom is -0.383 e. The molecule has 0 radical (unpaired) electrons. The van der Waals surface area contributed by atoms with Gasteiger partial charge in [0.1, 0.15) is 11.1 Å². The molecule has 0 saturated heterocycles. The number of aromatic nitrogens is 2. The van der Waals surface area contributed by atoms with Gasteiger partial charge in [-0.15, -0.1) is 0 Å². The van der Waals surface area contributed by atoms with Gasteiger partial charge in [-0.1, -0.05) is 48.2 Å². The normalized spacial score (nSPS) is 11.8. The van der Waals surface area contributed by atoms with E-state index in [4.69, 9.17) is 5.73 Å². The van der Waals surface area contributed by atoms with Crippen molar-refractivity contribution in [1.82, 2.24) is 9.97 Å². The number of hydrogen-bond donors (Lipinski definition) is 3. The predicted octanol–water partition coefficient (Wildman–Crippen LogP) is 3.44. The lowest BCUT2D eigenvalue weighted by Gasteiger charge is -2.17. The van der Waals surface area contributed by atoms with E-state index in [-0.39, 0.29) is 17.3 Å². The molecule has 4 N–H and O–H groups in total. The molecule has 2 aromatic carbocycles. The van der Waals surface area contributed by atoms with Gasteiger partial charge in [0.05, 0.1) is 0 Å². The summed E-state index contributed by atoms with van der Waals surface area (Å²) in [5.41, 5.74) is 8.97. The van der Waals surface area contributed by atoms with Crippen molar-refractivity contribution in [1.29, 1.82) is 0 Å². The quantitative estimate of drug-likeness (QED) is 0.465. The van der Waals surface area contributed by atoms with E-state index in [1.165, 1.54) is 6.07 Å². The van der Waals surface area contributed by atoms with E-state index < -0.39 is 5.25 Å². The van der Waals surface area contributed by atoms with Crippen molar-refractivity contribution < 1.29 is 4.79 Å². The number of nitrogens with two attached hydrogens (primary N) is 1. The molecule has 1 heterocycles. The van der Waals surface area contributed by atoms with Gasteiger partial charge < -0.3 is 16.0 Å². The number of aryl methyl sites for hydroxylation is 2. The number of nitrogens with zero attached hydrogens (tertiary/aromatic N) is 1. The summed E-state index contributed by atoms with van der Waals surface area (Å²) in [6.45, 7) is 3.96. The first-order valence-corrected chi connectivity index (χ1v) is 9.26. The third-order valence-corrected chi connectivity index (χ3v) is 4.94. The summed E-state index contributed by atoms with van der Waals surface area (Å²) >= 11 is 1.15. The molecule has 0 spiro atoms. The van der Waals surface area contributed by atoms with Crippen molar-refractivity contribution in [2.24, 2.45) is 0 Å². The number of aromatic amines is 1. The molecule has 0 saturated carbocycles. The highest BCUT2D eigenvalue weighted by Gasteiger charge is 2.23.